The molecule has 23 heavy (non-hydrogen) atoms. The highest BCUT2D eigenvalue weighted by molar-refractivity contribution is 5.93. The van der Waals surface area contributed by atoms with Crippen molar-refractivity contribution in [1.29, 1.82) is 0 Å². The number of likely N-dealkylation sites (tertiary alicyclic amines) is 2. The van der Waals surface area contributed by atoms with Gasteiger partial charge in [-0.3, -0.25) is 14.6 Å². The number of hydrogen-bond donors (Lipinski definition) is 0. The number of fused-ring (bicyclic) bond motifs is 1. The Morgan fingerprint density at radius 2 is 2.04 bits per heavy atom. The zero-order valence-electron chi connectivity index (χ0n) is 12.6. The highest BCUT2D eigenvalue weighted by Gasteiger charge is 2.47. The molecule has 0 aromatic carbocycles. The monoisotopic (exact) mass is 311 g/mol. The van der Waals surface area contributed by atoms with Crippen LogP contribution in [-0.2, 0) is 11.3 Å². The number of pyridine rings is 1. The molecule has 2 aromatic heterocycles. The third kappa shape index (κ3) is 2.50. The Morgan fingerprint density at radius 3 is 2.74 bits per heavy atom. The van der Waals surface area contributed by atoms with Gasteiger partial charge in [0.05, 0.1) is 12.2 Å². The van der Waals surface area contributed by atoms with Crippen LogP contribution in [0.5, 0.6) is 0 Å². The Kier molecular flexibility index (Phi) is 3.37. The third-order valence-electron chi connectivity index (χ3n) is 4.67. The number of carbonyl (C=O) groups is 2. The van der Waals surface area contributed by atoms with Crippen molar-refractivity contribution in [2.24, 2.45) is 11.8 Å². The summed E-state index contributed by atoms with van der Waals surface area (Å²) in [4.78, 5) is 32.5. The van der Waals surface area contributed by atoms with Crippen LogP contribution in [0.2, 0.25) is 0 Å². The van der Waals surface area contributed by atoms with E-state index in [9.17, 15) is 9.59 Å². The van der Waals surface area contributed by atoms with E-state index in [1.807, 2.05) is 17.0 Å². The van der Waals surface area contributed by atoms with Gasteiger partial charge in [0.15, 0.2) is 5.76 Å². The van der Waals surface area contributed by atoms with Crippen molar-refractivity contribution in [3.05, 3.63) is 54.2 Å². The van der Waals surface area contributed by atoms with E-state index in [4.69, 9.17) is 4.42 Å². The Bertz CT molecular complexity index is 714. The lowest BCUT2D eigenvalue weighted by molar-refractivity contribution is -0.131. The average molecular weight is 311 g/mol. The molecule has 6 heteroatoms. The zero-order valence-corrected chi connectivity index (χ0v) is 12.6. The molecule has 0 aliphatic carbocycles. The second kappa shape index (κ2) is 5.53. The summed E-state index contributed by atoms with van der Waals surface area (Å²) in [5, 5.41) is 0. The maximum Gasteiger partial charge on any atom is 0.289 e. The molecule has 2 atom stereocenters. The maximum absolute atomic E-state index is 12.6. The summed E-state index contributed by atoms with van der Waals surface area (Å²) in [6.45, 7) is 2.41. The van der Waals surface area contributed by atoms with Gasteiger partial charge < -0.3 is 14.2 Å². The van der Waals surface area contributed by atoms with Crippen LogP contribution >= 0.6 is 0 Å². The summed E-state index contributed by atoms with van der Waals surface area (Å²) in [6.07, 6.45) is 4.96. The lowest BCUT2D eigenvalue weighted by Crippen LogP contribution is -2.35. The molecule has 4 heterocycles. The molecule has 118 valence electrons. The predicted molar refractivity (Wildman–Crippen MR) is 81.2 cm³/mol. The van der Waals surface area contributed by atoms with Gasteiger partial charge in [0.1, 0.15) is 0 Å². The molecule has 2 amide bonds. The van der Waals surface area contributed by atoms with Crippen molar-refractivity contribution in [2.45, 2.75) is 6.54 Å². The second-order valence-electron chi connectivity index (χ2n) is 6.13. The summed E-state index contributed by atoms with van der Waals surface area (Å²) in [5.74, 6) is 0.476. The normalized spacial score (nSPS) is 23.4. The fourth-order valence-electron chi connectivity index (χ4n) is 3.52. The number of rotatable bonds is 3. The number of carbonyl (C=O) groups excluding carboxylic acids is 2. The molecule has 2 aromatic rings. The second-order valence-corrected chi connectivity index (χ2v) is 6.13. The number of amides is 2. The van der Waals surface area contributed by atoms with Crippen molar-refractivity contribution in [1.82, 2.24) is 14.8 Å². The van der Waals surface area contributed by atoms with E-state index in [1.165, 1.54) is 6.26 Å². The van der Waals surface area contributed by atoms with Gasteiger partial charge >= 0.3 is 0 Å². The summed E-state index contributed by atoms with van der Waals surface area (Å²) in [6, 6.07) is 7.21. The molecule has 6 nitrogen and oxygen atoms in total. The molecule has 0 N–H and O–H groups in total. The summed E-state index contributed by atoms with van der Waals surface area (Å²) >= 11 is 0. The summed E-state index contributed by atoms with van der Waals surface area (Å²) < 4.78 is 5.16. The van der Waals surface area contributed by atoms with E-state index in [2.05, 4.69) is 4.98 Å². The van der Waals surface area contributed by atoms with Crippen LogP contribution in [0.15, 0.2) is 47.3 Å². The van der Waals surface area contributed by atoms with Gasteiger partial charge in [-0.15, -0.1) is 0 Å². The number of nitrogens with zero attached hydrogens (tertiary/aromatic N) is 3. The first-order chi connectivity index (χ1) is 11.2. The van der Waals surface area contributed by atoms with Gasteiger partial charge in [-0.2, -0.15) is 0 Å². The van der Waals surface area contributed by atoms with Gasteiger partial charge in [0.2, 0.25) is 5.91 Å². The highest BCUT2D eigenvalue weighted by Crippen LogP contribution is 2.33. The van der Waals surface area contributed by atoms with E-state index in [-0.39, 0.29) is 23.7 Å². The van der Waals surface area contributed by atoms with Crippen molar-refractivity contribution < 1.29 is 14.0 Å². The lowest BCUT2D eigenvalue weighted by atomic mass is 10.0. The van der Waals surface area contributed by atoms with Gasteiger partial charge in [-0.1, -0.05) is 0 Å². The molecule has 2 aliphatic rings. The summed E-state index contributed by atoms with van der Waals surface area (Å²) in [5.41, 5.74) is 1.08. The van der Waals surface area contributed by atoms with E-state index in [1.54, 1.807) is 29.4 Å². The fourth-order valence-corrected chi connectivity index (χ4v) is 3.52. The Balaban J connectivity index is 1.42. The Labute approximate surface area is 133 Å². The van der Waals surface area contributed by atoms with E-state index >= 15 is 0 Å². The largest absolute Gasteiger partial charge is 0.459 e. The number of aromatic nitrogens is 1. The minimum atomic E-state index is -0.127. The first-order valence-electron chi connectivity index (χ1n) is 7.73. The number of furan rings is 1. The topological polar surface area (TPSA) is 66.7 Å². The SMILES string of the molecule is O=C(c1ccco1)N1C[C@H]2CN(Cc3ccncc3)C(=O)[C@H]2C1. The highest BCUT2D eigenvalue weighted by atomic mass is 16.3. The van der Waals surface area contributed by atoms with E-state index in [0.717, 1.165) is 5.56 Å². The van der Waals surface area contributed by atoms with Gasteiger partial charge in [-0.05, 0) is 29.8 Å². The first-order valence-corrected chi connectivity index (χ1v) is 7.73. The van der Waals surface area contributed by atoms with Crippen molar-refractivity contribution in [3.8, 4) is 0 Å². The molecule has 4 rings (SSSR count). The van der Waals surface area contributed by atoms with E-state index < -0.39 is 0 Å². The molecular formula is C17H17N3O3. The van der Waals surface area contributed by atoms with Crippen LogP contribution in [0, 0.1) is 11.8 Å². The average Bonchev–Trinajstić information content (AvgIpc) is 3.28. The van der Waals surface area contributed by atoms with Crippen molar-refractivity contribution in [3.63, 3.8) is 0 Å². The quantitative estimate of drug-likeness (QED) is 0.859. The van der Waals surface area contributed by atoms with Crippen LogP contribution in [0.1, 0.15) is 16.1 Å². The standard InChI is InChI=1S/C17H17N3O3/c21-16-14-11-20(17(22)15-2-1-7-23-15)10-13(14)9-19(16)8-12-3-5-18-6-4-12/h1-7,13-14H,8-11H2/t13-,14+/m1/s1. The predicted octanol–water partition coefficient (Wildman–Crippen LogP) is 1.41. The van der Waals surface area contributed by atoms with Crippen LogP contribution in [0.3, 0.4) is 0 Å². The van der Waals surface area contributed by atoms with E-state index in [0.29, 0.717) is 31.9 Å². The van der Waals surface area contributed by atoms with Crippen LogP contribution in [0.25, 0.3) is 0 Å². The smallest absolute Gasteiger partial charge is 0.289 e. The minimum absolute atomic E-state index is 0.0873. The molecule has 0 saturated carbocycles. The fraction of sp³-hybridized carbons (Fsp3) is 0.353. The molecular weight excluding hydrogens is 294 g/mol. The Morgan fingerprint density at radius 1 is 1.22 bits per heavy atom. The first kappa shape index (κ1) is 14.0. The molecule has 2 aliphatic heterocycles. The molecule has 0 radical (unpaired) electrons. The van der Waals surface area contributed by atoms with Crippen molar-refractivity contribution in [2.75, 3.05) is 19.6 Å². The third-order valence-corrected chi connectivity index (χ3v) is 4.67. The molecule has 0 spiro atoms. The van der Waals surface area contributed by atoms with Crippen LogP contribution in [-0.4, -0.2) is 46.2 Å². The van der Waals surface area contributed by atoms with Crippen molar-refractivity contribution >= 4 is 11.8 Å². The summed E-state index contributed by atoms with van der Waals surface area (Å²) in [7, 11) is 0. The molecule has 0 unspecified atom stereocenters. The molecule has 2 fully saturated rings. The lowest BCUT2D eigenvalue weighted by Gasteiger charge is -2.21. The van der Waals surface area contributed by atoms with Crippen LogP contribution < -0.4 is 0 Å². The number of hydrogen-bond acceptors (Lipinski definition) is 4. The zero-order chi connectivity index (χ0) is 15.8. The van der Waals surface area contributed by atoms with Gasteiger partial charge in [0, 0.05) is 44.5 Å². The minimum Gasteiger partial charge on any atom is -0.459 e. The molecule has 0 bridgehead atoms. The Hall–Kier alpha value is -2.63. The van der Waals surface area contributed by atoms with Crippen LogP contribution in [0.4, 0.5) is 0 Å². The van der Waals surface area contributed by atoms with Gasteiger partial charge in [0.25, 0.3) is 5.91 Å². The van der Waals surface area contributed by atoms with Gasteiger partial charge in [-0.25, -0.2) is 0 Å². The maximum atomic E-state index is 12.6. The molecule has 2 saturated heterocycles.